The van der Waals surface area contributed by atoms with Crippen LogP contribution in [0.1, 0.15) is 27.7 Å². The summed E-state index contributed by atoms with van der Waals surface area (Å²) in [5, 5.41) is 2.33. The number of carbonyl (C=O) groups is 1. The molecule has 0 bridgehead atoms. The average Bonchev–Trinajstić information content (AvgIpc) is 2.97. The van der Waals surface area contributed by atoms with Gasteiger partial charge in [0.25, 0.3) is 0 Å². The summed E-state index contributed by atoms with van der Waals surface area (Å²) in [5.41, 5.74) is 2.45. The maximum atomic E-state index is 12.5. The van der Waals surface area contributed by atoms with Gasteiger partial charge in [-0.25, -0.2) is 4.79 Å². The lowest BCUT2D eigenvalue weighted by atomic mass is 10.1. The number of fused-ring (bicyclic) bond motifs is 1. The number of hydrogen-bond donors (Lipinski definition) is 0. The third-order valence-corrected chi connectivity index (χ3v) is 5.05. The van der Waals surface area contributed by atoms with E-state index in [-0.39, 0.29) is 5.78 Å². The van der Waals surface area contributed by atoms with Crippen LogP contribution in [0.2, 0.25) is 5.02 Å². The summed E-state index contributed by atoms with van der Waals surface area (Å²) in [7, 11) is 0. The van der Waals surface area contributed by atoms with Gasteiger partial charge in [-0.15, -0.1) is 11.3 Å². The molecule has 0 atom stereocenters. The third-order valence-electron chi connectivity index (χ3n) is 3.35. The van der Waals surface area contributed by atoms with Crippen LogP contribution in [0.15, 0.2) is 32.8 Å². The Labute approximate surface area is 129 Å². The predicted octanol–water partition coefficient (Wildman–Crippen LogP) is 3.87. The highest BCUT2D eigenvalue weighted by molar-refractivity contribution is 7.13. The van der Waals surface area contributed by atoms with Crippen LogP contribution in [-0.4, -0.2) is 10.4 Å². The summed E-state index contributed by atoms with van der Waals surface area (Å²) < 4.78 is 6.70. The van der Waals surface area contributed by atoms with Gasteiger partial charge in [0, 0.05) is 12.1 Å². The quantitative estimate of drug-likeness (QED) is 0.688. The second-order valence-corrected chi connectivity index (χ2v) is 5.94. The number of oxazole rings is 1. The molecular weight excluding hydrogens is 310 g/mol. The SMILES string of the molecule is CCn1c(=O)oc2cc(C(=O)c3scc(C)c3Cl)ccc21. The fourth-order valence-electron chi connectivity index (χ4n) is 2.22. The molecular formula is C15H12ClNO3S. The van der Waals surface area contributed by atoms with Crippen LogP contribution in [0.5, 0.6) is 0 Å². The van der Waals surface area contributed by atoms with Crippen molar-refractivity contribution < 1.29 is 9.21 Å². The van der Waals surface area contributed by atoms with E-state index in [1.165, 1.54) is 15.9 Å². The monoisotopic (exact) mass is 321 g/mol. The average molecular weight is 322 g/mol. The van der Waals surface area contributed by atoms with Crippen molar-refractivity contribution in [2.75, 3.05) is 0 Å². The lowest BCUT2D eigenvalue weighted by Crippen LogP contribution is -2.11. The van der Waals surface area contributed by atoms with E-state index in [0.29, 0.717) is 33.1 Å². The number of rotatable bonds is 3. The maximum Gasteiger partial charge on any atom is 0.419 e. The van der Waals surface area contributed by atoms with Gasteiger partial charge in [-0.2, -0.15) is 0 Å². The third kappa shape index (κ3) is 2.22. The number of hydrogen-bond acceptors (Lipinski definition) is 4. The number of aromatic nitrogens is 1. The number of halogens is 1. The van der Waals surface area contributed by atoms with Gasteiger partial charge in [0.05, 0.1) is 15.4 Å². The van der Waals surface area contributed by atoms with Gasteiger partial charge >= 0.3 is 5.76 Å². The van der Waals surface area contributed by atoms with Crippen LogP contribution in [0, 0.1) is 6.92 Å². The van der Waals surface area contributed by atoms with Gasteiger partial charge in [0.1, 0.15) is 0 Å². The van der Waals surface area contributed by atoms with Crippen molar-refractivity contribution in [1.82, 2.24) is 4.57 Å². The fourth-order valence-corrected chi connectivity index (χ4v) is 3.46. The summed E-state index contributed by atoms with van der Waals surface area (Å²) in [6.07, 6.45) is 0. The Balaban J connectivity index is 2.11. The molecule has 2 heterocycles. The number of nitrogens with zero attached hydrogens (tertiary/aromatic N) is 1. The topological polar surface area (TPSA) is 52.2 Å². The smallest absolute Gasteiger partial charge is 0.408 e. The standard InChI is InChI=1S/C15H12ClNO3S/c1-3-17-10-5-4-9(6-11(10)20-15(17)19)13(18)14-12(16)8(2)7-21-14/h4-7H,3H2,1-2H3. The van der Waals surface area contributed by atoms with E-state index in [9.17, 15) is 9.59 Å². The summed E-state index contributed by atoms with van der Waals surface area (Å²) in [6, 6.07) is 5.01. The first-order chi connectivity index (χ1) is 10.0. The molecule has 108 valence electrons. The first-order valence-corrected chi connectivity index (χ1v) is 7.70. The van der Waals surface area contributed by atoms with Gasteiger partial charge in [0.2, 0.25) is 5.78 Å². The highest BCUT2D eigenvalue weighted by Gasteiger charge is 2.18. The molecule has 21 heavy (non-hydrogen) atoms. The minimum Gasteiger partial charge on any atom is -0.408 e. The zero-order chi connectivity index (χ0) is 15.1. The van der Waals surface area contributed by atoms with Crippen LogP contribution in [0.25, 0.3) is 11.1 Å². The number of benzene rings is 1. The molecule has 3 rings (SSSR count). The van der Waals surface area contributed by atoms with Crippen LogP contribution in [0.4, 0.5) is 0 Å². The van der Waals surface area contributed by atoms with E-state index in [4.69, 9.17) is 16.0 Å². The molecule has 0 spiro atoms. The molecule has 0 unspecified atom stereocenters. The molecule has 0 aliphatic rings. The molecule has 0 aliphatic carbocycles. The zero-order valence-corrected chi connectivity index (χ0v) is 13.0. The molecule has 4 nitrogen and oxygen atoms in total. The van der Waals surface area contributed by atoms with E-state index >= 15 is 0 Å². The number of ketones is 1. The molecule has 0 radical (unpaired) electrons. The first kappa shape index (κ1) is 14.1. The van der Waals surface area contributed by atoms with Gasteiger partial charge < -0.3 is 4.42 Å². The minimum atomic E-state index is -0.415. The fraction of sp³-hybridized carbons (Fsp3) is 0.200. The summed E-state index contributed by atoms with van der Waals surface area (Å²) in [4.78, 5) is 24.7. The van der Waals surface area contributed by atoms with Gasteiger partial charge in [0.15, 0.2) is 5.58 Å². The van der Waals surface area contributed by atoms with Gasteiger partial charge in [-0.3, -0.25) is 9.36 Å². The minimum absolute atomic E-state index is 0.160. The molecule has 6 heteroatoms. The van der Waals surface area contributed by atoms with Crippen molar-refractivity contribution in [3.63, 3.8) is 0 Å². The Hall–Kier alpha value is -1.85. The van der Waals surface area contributed by atoms with Crippen LogP contribution < -0.4 is 5.76 Å². The molecule has 0 saturated carbocycles. The Morgan fingerprint density at radius 2 is 2.19 bits per heavy atom. The Kier molecular flexibility index (Phi) is 3.47. The molecule has 0 amide bonds. The second kappa shape index (κ2) is 5.16. The van der Waals surface area contributed by atoms with Crippen molar-refractivity contribution in [3.8, 4) is 0 Å². The highest BCUT2D eigenvalue weighted by Crippen LogP contribution is 2.30. The van der Waals surface area contributed by atoms with E-state index in [2.05, 4.69) is 0 Å². The highest BCUT2D eigenvalue weighted by atomic mass is 35.5. The Morgan fingerprint density at radius 1 is 1.43 bits per heavy atom. The summed E-state index contributed by atoms with van der Waals surface area (Å²) >= 11 is 7.45. The molecule has 1 aromatic carbocycles. The predicted molar refractivity (Wildman–Crippen MR) is 83.6 cm³/mol. The molecule has 0 N–H and O–H groups in total. The normalized spacial score (nSPS) is 11.2. The number of carbonyl (C=O) groups excluding carboxylic acids is 1. The van der Waals surface area contributed by atoms with E-state index in [0.717, 1.165) is 5.56 Å². The lowest BCUT2D eigenvalue weighted by molar-refractivity contribution is 0.104. The van der Waals surface area contributed by atoms with Crippen LogP contribution in [-0.2, 0) is 6.54 Å². The van der Waals surface area contributed by atoms with Crippen molar-refractivity contribution in [3.05, 3.63) is 55.2 Å². The zero-order valence-electron chi connectivity index (χ0n) is 11.5. The first-order valence-electron chi connectivity index (χ1n) is 6.44. The lowest BCUT2D eigenvalue weighted by Gasteiger charge is -2.00. The summed E-state index contributed by atoms with van der Waals surface area (Å²) in [5.74, 6) is -0.575. The Bertz CT molecular complexity index is 903. The second-order valence-electron chi connectivity index (χ2n) is 4.69. The Morgan fingerprint density at radius 3 is 2.81 bits per heavy atom. The molecule has 3 aromatic rings. The van der Waals surface area contributed by atoms with Crippen LogP contribution in [0.3, 0.4) is 0 Å². The molecule has 0 fully saturated rings. The van der Waals surface area contributed by atoms with E-state index in [1.54, 1.807) is 18.2 Å². The molecule has 2 aromatic heterocycles. The van der Waals surface area contributed by atoms with Crippen molar-refractivity contribution in [2.24, 2.45) is 0 Å². The van der Waals surface area contributed by atoms with Crippen molar-refractivity contribution >= 4 is 39.8 Å². The molecule has 0 aliphatic heterocycles. The number of thiophene rings is 1. The largest absolute Gasteiger partial charge is 0.419 e. The summed E-state index contributed by atoms with van der Waals surface area (Å²) in [6.45, 7) is 4.25. The van der Waals surface area contributed by atoms with E-state index in [1.807, 2.05) is 19.2 Å². The van der Waals surface area contributed by atoms with E-state index < -0.39 is 5.76 Å². The van der Waals surface area contributed by atoms with Crippen molar-refractivity contribution in [1.29, 1.82) is 0 Å². The maximum absolute atomic E-state index is 12.5. The number of aryl methyl sites for hydroxylation is 2. The van der Waals surface area contributed by atoms with Gasteiger partial charge in [-0.1, -0.05) is 11.6 Å². The van der Waals surface area contributed by atoms with Crippen molar-refractivity contribution in [2.45, 2.75) is 20.4 Å². The molecule has 0 saturated heterocycles. The van der Waals surface area contributed by atoms with Gasteiger partial charge in [-0.05, 0) is 43.0 Å². The van der Waals surface area contributed by atoms with Crippen LogP contribution >= 0.6 is 22.9 Å².